The number of benzene rings is 2. The predicted octanol–water partition coefficient (Wildman–Crippen LogP) is 5.96. The van der Waals surface area contributed by atoms with Crippen molar-refractivity contribution in [1.29, 1.82) is 0 Å². The fourth-order valence-corrected chi connectivity index (χ4v) is 2.83. The van der Waals surface area contributed by atoms with E-state index in [0.29, 0.717) is 11.4 Å². The number of alkyl halides is 1. The number of fused-ring (bicyclic) bond motifs is 1. The maximum Gasteiger partial charge on any atom is 0.127 e. The van der Waals surface area contributed by atoms with Crippen molar-refractivity contribution in [2.75, 3.05) is 13.2 Å². The van der Waals surface area contributed by atoms with Crippen LogP contribution in [0.25, 0.3) is 10.8 Å². The van der Waals surface area contributed by atoms with Crippen LogP contribution in [0.15, 0.2) is 36.4 Å². The summed E-state index contributed by atoms with van der Waals surface area (Å²) in [6.07, 6.45) is 4.68. The van der Waals surface area contributed by atoms with E-state index < -0.39 is 0 Å². The van der Waals surface area contributed by atoms with Crippen LogP contribution >= 0.6 is 15.9 Å². The van der Waals surface area contributed by atoms with Gasteiger partial charge in [-0.05, 0) is 44.7 Å². The molecule has 120 valence electrons. The van der Waals surface area contributed by atoms with Gasteiger partial charge >= 0.3 is 0 Å². The van der Waals surface area contributed by atoms with Crippen LogP contribution in [0.1, 0.15) is 39.5 Å². The van der Waals surface area contributed by atoms with Crippen LogP contribution in [0.3, 0.4) is 0 Å². The summed E-state index contributed by atoms with van der Waals surface area (Å²) >= 11 is 3.67. The highest BCUT2D eigenvalue weighted by Crippen LogP contribution is 2.33. The molecule has 2 aromatic rings. The molecule has 0 aliphatic rings. The van der Waals surface area contributed by atoms with E-state index in [9.17, 15) is 0 Å². The van der Waals surface area contributed by atoms with Crippen LogP contribution in [0.4, 0.5) is 0 Å². The summed E-state index contributed by atoms with van der Waals surface area (Å²) in [5, 5.41) is 2.24. The SMILES string of the molecule is CCOc1ccc(OCCCCC(Br)CC)c2ccccc12. The minimum absolute atomic E-state index is 0.638. The van der Waals surface area contributed by atoms with Crippen molar-refractivity contribution >= 4 is 26.7 Å². The Labute approximate surface area is 141 Å². The first-order valence-electron chi connectivity index (χ1n) is 8.17. The van der Waals surface area contributed by atoms with Gasteiger partial charge in [0.15, 0.2) is 0 Å². The van der Waals surface area contributed by atoms with Gasteiger partial charge in [-0.3, -0.25) is 0 Å². The van der Waals surface area contributed by atoms with E-state index in [0.717, 1.165) is 35.3 Å². The molecule has 2 nitrogen and oxygen atoms in total. The Morgan fingerprint density at radius 1 is 0.909 bits per heavy atom. The molecule has 0 saturated carbocycles. The number of hydrogen-bond donors (Lipinski definition) is 0. The first kappa shape index (κ1) is 17.1. The van der Waals surface area contributed by atoms with Gasteiger partial charge in [-0.25, -0.2) is 0 Å². The van der Waals surface area contributed by atoms with Gasteiger partial charge in [-0.2, -0.15) is 0 Å². The monoisotopic (exact) mass is 364 g/mol. The van der Waals surface area contributed by atoms with E-state index in [1.807, 2.05) is 31.2 Å². The molecule has 0 heterocycles. The Morgan fingerprint density at radius 2 is 1.55 bits per heavy atom. The van der Waals surface area contributed by atoms with Crippen molar-refractivity contribution in [3.05, 3.63) is 36.4 Å². The summed E-state index contributed by atoms with van der Waals surface area (Å²) in [6, 6.07) is 12.3. The summed E-state index contributed by atoms with van der Waals surface area (Å²) in [7, 11) is 0. The molecule has 1 unspecified atom stereocenters. The van der Waals surface area contributed by atoms with Crippen molar-refractivity contribution in [1.82, 2.24) is 0 Å². The zero-order chi connectivity index (χ0) is 15.8. The zero-order valence-corrected chi connectivity index (χ0v) is 15.1. The molecule has 0 radical (unpaired) electrons. The lowest BCUT2D eigenvalue weighted by atomic mass is 10.1. The Morgan fingerprint density at radius 3 is 2.14 bits per heavy atom. The van der Waals surface area contributed by atoms with Crippen molar-refractivity contribution in [2.45, 2.75) is 44.4 Å². The quantitative estimate of drug-likeness (QED) is 0.403. The molecule has 22 heavy (non-hydrogen) atoms. The molecule has 0 aromatic heterocycles. The topological polar surface area (TPSA) is 18.5 Å². The third-order valence-corrected chi connectivity index (χ3v) is 4.86. The standard InChI is InChI=1S/C19H25BrO2/c1-3-15(20)9-7-8-14-22-19-13-12-18(21-4-2)16-10-5-6-11-17(16)19/h5-6,10-13,15H,3-4,7-9,14H2,1-2H3. The summed E-state index contributed by atoms with van der Waals surface area (Å²) < 4.78 is 11.7. The smallest absolute Gasteiger partial charge is 0.127 e. The Bertz CT molecular complexity index is 583. The summed E-state index contributed by atoms with van der Waals surface area (Å²) in [6.45, 7) is 5.66. The van der Waals surface area contributed by atoms with Gasteiger partial charge in [0.25, 0.3) is 0 Å². The molecular formula is C19H25BrO2. The predicted molar refractivity (Wildman–Crippen MR) is 97.5 cm³/mol. The van der Waals surface area contributed by atoms with Crippen LogP contribution in [0, 0.1) is 0 Å². The molecule has 2 aromatic carbocycles. The minimum Gasteiger partial charge on any atom is -0.493 e. The number of hydrogen-bond acceptors (Lipinski definition) is 2. The lowest BCUT2D eigenvalue weighted by Crippen LogP contribution is -2.01. The number of ether oxygens (including phenoxy) is 2. The molecule has 2 rings (SSSR count). The number of unbranched alkanes of at least 4 members (excludes halogenated alkanes) is 1. The largest absolute Gasteiger partial charge is 0.493 e. The highest BCUT2D eigenvalue weighted by molar-refractivity contribution is 9.09. The van der Waals surface area contributed by atoms with E-state index in [-0.39, 0.29) is 0 Å². The maximum atomic E-state index is 6.00. The van der Waals surface area contributed by atoms with E-state index in [1.54, 1.807) is 0 Å². The van der Waals surface area contributed by atoms with Gasteiger partial charge < -0.3 is 9.47 Å². The van der Waals surface area contributed by atoms with Gasteiger partial charge in [0.1, 0.15) is 11.5 Å². The summed E-state index contributed by atoms with van der Waals surface area (Å²) in [5.74, 6) is 1.88. The maximum absolute atomic E-state index is 6.00. The number of rotatable bonds is 9. The van der Waals surface area contributed by atoms with Crippen LogP contribution in [-0.2, 0) is 0 Å². The van der Waals surface area contributed by atoms with E-state index >= 15 is 0 Å². The van der Waals surface area contributed by atoms with Crippen molar-refractivity contribution in [3.8, 4) is 11.5 Å². The first-order valence-corrected chi connectivity index (χ1v) is 9.09. The van der Waals surface area contributed by atoms with E-state index in [4.69, 9.17) is 9.47 Å². The fraction of sp³-hybridized carbons (Fsp3) is 0.474. The fourth-order valence-electron chi connectivity index (χ4n) is 2.51. The van der Waals surface area contributed by atoms with Gasteiger partial charge in [0.05, 0.1) is 13.2 Å². The average Bonchev–Trinajstić information content (AvgIpc) is 2.56. The van der Waals surface area contributed by atoms with Crippen LogP contribution in [-0.4, -0.2) is 18.0 Å². The minimum atomic E-state index is 0.638. The lowest BCUT2D eigenvalue weighted by Gasteiger charge is -2.13. The Balaban J connectivity index is 1.98. The molecule has 0 fully saturated rings. The first-order chi connectivity index (χ1) is 10.8. The molecule has 0 bridgehead atoms. The second kappa shape index (κ2) is 9.04. The molecule has 1 atom stereocenters. The highest BCUT2D eigenvalue weighted by atomic mass is 79.9. The van der Waals surface area contributed by atoms with Gasteiger partial charge in [0.2, 0.25) is 0 Å². The van der Waals surface area contributed by atoms with Crippen LogP contribution in [0.5, 0.6) is 11.5 Å². The second-order valence-electron chi connectivity index (χ2n) is 5.39. The van der Waals surface area contributed by atoms with E-state index in [2.05, 4.69) is 35.0 Å². The lowest BCUT2D eigenvalue weighted by molar-refractivity contribution is 0.307. The molecule has 3 heteroatoms. The van der Waals surface area contributed by atoms with Crippen LogP contribution < -0.4 is 9.47 Å². The summed E-state index contributed by atoms with van der Waals surface area (Å²) in [5.41, 5.74) is 0. The van der Waals surface area contributed by atoms with Gasteiger partial charge in [-0.1, -0.05) is 47.1 Å². The highest BCUT2D eigenvalue weighted by Gasteiger charge is 2.07. The summed E-state index contributed by atoms with van der Waals surface area (Å²) in [4.78, 5) is 0.638. The molecule has 0 aliphatic carbocycles. The third kappa shape index (κ3) is 4.64. The van der Waals surface area contributed by atoms with Crippen LogP contribution in [0.2, 0.25) is 0 Å². The molecule has 0 spiro atoms. The third-order valence-electron chi connectivity index (χ3n) is 3.76. The van der Waals surface area contributed by atoms with Gasteiger partial charge in [-0.15, -0.1) is 0 Å². The van der Waals surface area contributed by atoms with Crippen molar-refractivity contribution < 1.29 is 9.47 Å². The second-order valence-corrected chi connectivity index (χ2v) is 6.69. The number of halogens is 1. The normalized spacial score (nSPS) is 12.3. The van der Waals surface area contributed by atoms with Crippen molar-refractivity contribution in [2.24, 2.45) is 0 Å². The zero-order valence-electron chi connectivity index (χ0n) is 13.5. The van der Waals surface area contributed by atoms with Crippen molar-refractivity contribution in [3.63, 3.8) is 0 Å². The average molecular weight is 365 g/mol. The molecule has 0 amide bonds. The molecule has 0 N–H and O–H groups in total. The Hall–Kier alpha value is -1.22. The molecule has 0 aliphatic heterocycles. The molecular weight excluding hydrogens is 340 g/mol. The Kier molecular flexibility index (Phi) is 7.04. The molecule has 0 saturated heterocycles. The van der Waals surface area contributed by atoms with E-state index in [1.165, 1.54) is 19.3 Å². The van der Waals surface area contributed by atoms with Gasteiger partial charge in [0, 0.05) is 15.6 Å².